The first-order chi connectivity index (χ1) is 12.6. The number of benzene rings is 1. The lowest BCUT2D eigenvalue weighted by Gasteiger charge is -2.35. The fourth-order valence-electron chi connectivity index (χ4n) is 3.09. The number of hydrogen-bond donors (Lipinski definition) is 1. The summed E-state index contributed by atoms with van der Waals surface area (Å²) in [5.74, 6) is 0.576. The molecule has 9 heteroatoms. The Labute approximate surface area is 148 Å². The van der Waals surface area contributed by atoms with E-state index in [4.69, 9.17) is 0 Å². The molecule has 9 nitrogen and oxygen atoms in total. The molecular weight excluding hydrogens is 336 g/mol. The number of para-hydroxylation sites is 1. The zero-order chi connectivity index (χ0) is 18.1. The molecule has 4 rings (SSSR count). The number of rotatable bonds is 3. The van der Waals surface area contributed by atoms with Gasteiger partial charge in [0.1, 0.15) is 12.0 Å². The number of carbonyl (C=O) groups excluding carboxylic acids is 1. The minimum atomic E-state index is -0.471. The van der Waals surface area contributed by atoms with Crippen LogP contribution in [-0.2, 0) is 0 Å². The second-order valence-corrected chi connectivity index (χ2v) is 6.03. The number of aromatic nitrogens is 3. The van der Waals surface area contributed by atoms with E-state index < -0.39 is 4.92 Å². The second kappa shape index (κ2) is 6.43. The monoisotopic (exact) mass is 352 g/mol. The molecule has 3 heterocycles. The summed E-state index contributed by atoms with van der Waals surface area (Å²) in [6, 6.07) is 10.6. The third kappa shape index (κ3) is 2.83. The summed E-state index contributed by atoms with van der Waals surface area (Å²) < 4.78 is 0. The smallest absolute Gasteiger partial charge is 0.287 e. The summed E-state index contributed by atoms with van der Waals surface area (Å²) in [6.45, 7) is 2.30. The largest absolute Gasteiger partial charge is 0.353 e. The Morgan fingerprint density at radius 3 is 2.58 bits per heavy atom. The van der Waals surface area contributed by atoms with Gasteiger partial charge in [-0.1, -0.05) is 18.2 Å². The van der Waals surface area contributed by atoms with Gasteiger partial charge >= 0.3 is 0 Å². The molecule has 0 aliphatic carbocycles. The molecule has 1 amide bonds. The Hall–Kier alpha value is -3.49. The Balaban J connectivity index is 1.44. The average molecular weight is 352 g/mol. The molecule has 0 radical (unpaired) electrons. The van der Waals surface area contributed by atoms with Crippen molar-refractivity contribution in [1.29, 1.82) is 0 Å². The topological polar surface area (TPSA) is 108 Å². The summed E-state index contributed by atoms with van der Waals surface area (Å²) >= 11 is 0. The van der Waals surface area contributed by atoms with Gasteiger partial charge in [0.2, 0.25) is 0 Å². The molecule has 0 atom stereocenters. The molecule has 2 aromatic heterocycles. The number of pyridine rings is 1. The van der Waals surface area contributed by atoms with Crippen LogP contribution in [0.4, 0.5) is 11.5 Å². The van der Waals surface area contributed by atoms with E-state index in [-0.39, 0.29) is 11.6 Å². The molecule has 1 aliphatic heterocycles. The summed E-state index contributed by atoms with van der Waals surface area (Å²) in [6.07, 6.45) is 1.25. The lowest BCUT2D eigenvalue weighted by Crippen LogP contribution is -2.49. The third-order valence-corrected chi connectivity index (χ3v) is 4.51. The Kier molecular flexibility index (Phi) is 3.96. The van der Waals surface area contributed by atoms with Gasteiger partial charge in [0.15, 0.2) is 5.69 Å². The number of nitrogens with one attached hydrogen (secondary N) is 1. The standard InChI is InChI=1S/C17H16N6O3/c24-17(16-13-3-1-2-4-14(13)19-20-16)22-9-7-21(8-10-22)15-6-5-12(11-18-15)23(25)26/h1-6,11H,7-10H2,(H,19,20). The number of fused-ring (bicyclic) bond motifs is 1. The van der Waals surface area contributed by atoms with Crippen molar-refractivity contribution < 1.29 is 9.72 Å². The first-order valence-corrected chi connectivity index (χ1v) is 8.21. The highest BCUT2D eigenvalue weighted by Crippen LogP contribution is 2.20. The van der Waals surface area contributed by atoms with Gasteiger partial charge in [0, 0.05) is 37.6 Å². The predicted molar refractivity (Wildman–Crippen MR) is 95.1 cm³/mol. The van der Waals surface area contributed by atoms with Gasteiger partial charge in [0.25, 0.3) is 11.6 Å². The van der Waals surface area contributed by atoms with Crippen molar-refractivity contribution in [3.8, 4) is 0 Å². The van der Waals surface area contributed by atoms with Crippen LogP contribution in [0.3, 0.4) is 0 Å². The van der Waals surface area contributed by atoms with Crippen molar-refractivity contribution in [2.45, 2.75) is 0 Å². The van der Waals surface area contributed by atoms with Crippen LogP contribution >= 0.6 is 0 Å². The number of H-pyrrole nitrogens is 1. The zero-order valence-electron chi connectivity index (χ0n) is 13.8. The molecule has 1 N–H and O–H groups in total. The molecule has 1 saturated heterocycles. The van der Waals surface area contributed by atoms with Gasteiger partial charge < -0.3 is 9.80 Å². The fraction of sp³-hybridized carbons (Fsp3) is 0.235. The van der Waals surface area contributed by atoms with E-state index in [2.05, 4.69) is 15.2 Å². The molecule has 1 aliphatic rings. The zero-order valence-corrected chi connectivity index (χ0v) is 13.8. The Morgan fingerprint density at radius 1 is 1.12 bits per heavy atom. The van der Waals surface area contributed by atoms with Crippen molar-refractivity contribution in [2.24, 2.45) is 0 Å². The van der Waals surface area contributed by atoms with Crippen molar-refractivity contribution >= 4 is 28.3 Å². The van der Waals surface area contributed by atoms with E-state index in [9.17, 15) is 14.9 Å². The Morgan fingerprint density at radius 2 is 1.88 bits per heavy atom. The number of anilines is 1. The molecule has 0 bridgehead atoms. The third-order valence-electron chi connectivity index (χ3n) is 4.51. The van der Waals surface area contributed by atoms with E-state index in [0.29, 0.717) is 37.7 Å². The van der Waals surface area contributed by atoms with Gasteiger partial charge in [0.05, 0.1) is 10.4 Å². The van der Waals surface area contributed by atoms with Gasteiger partial charge in [-0.3, -0.25) is 20.0 Å². The van der Waals surface area contributed by atoms with Crippen LogP contribution in [0.15, 0.2) is 42.6 Å². The highest BCUT2D eigenvalue weighted by molar-refractivity contribution is 6.04. The number of aromatic amines is 1. The quantitative estimate of drug-likeness (QED) is 0.569. The SMILES string of the molecule is O=C(c1n[nH]c2ccccc12)N1CCN(c2ccc([N+](=O)[O-])cn2)CC1. The van der Waals surface area contributed by atoms with Crippen LogP contribution in [0.25, 0.3) is 10.9 Å². The minimum Gasteiger partial charge on any atom is -0.353 e. The Bertz CT molecular complexity index is 960. The maximum Gasteiger partial charge on any atom is 0.287 e. The first-order valence-electron chi connectivity index (χ1n) is 8.21. The van der Waals surface area contributed by atoms with Crippen LogP contribution < -0.4 is 4.90 Å². The highest BCUT2D eigenvalue weighted by Gasteiger charge is 2.25. The van der Waals surface area contributed by atoms with Crippen molar-refractivity contribution in [3.63, 3.8) is 0 Å². The summed E-state index contributed by atoms with van der Waals surface area (Å²) in [5, 5.41) is 18.6. The average Bonchev–Trinajstić information content (AvgIpc) is 3.12. The van der Waals surface area contributed by atoms with E-state index in [1.165, 1.54) is 12.3 Å². The fourth-order valence-corrected chi connectivity index (χ4v) is 3.09. The van der Waals surface area contributed by atoms with Crippen LogP contribution in [0, 0.1) is 10.1 Å². The lowest BCUT2D eigenvalue weighted by molar-refractivity contribution is -0.385. The molecular formula is C17H16N6O3. The number of nitrogens with zero attached hydrogens (tertiary/aromatic N) is 5. The van der Waals surface area contributed by atoms with Crippen LogP contribution in [0.1, 0.15) is 10.5 Å². The molecule has 0 spiro atoms. The van der Waals surface area contributed by atoms with E-state index in [1.54, 1.807) is 11.0 Å². The predicted octanol–water partition coefficient (Wildman–Crippen LogP) is 1.83. The summed E-state index contributed by atoms with van der Waals surface area (Å²) in [5.41, 5.74) is 1.24. The summed E-state index contributed by atoms with van der Waals surface area (Å²) in [4.78, 5) is 30.9. The molecule has 1 fully saturated rings. The highest BCUT2D eigenvalue weighted by atomic mass is 16.6. The van der Waals surface area contributed by atoms with Crippen LogP contribution in [0.5, 0.6) is 0 Å². The maximum atomic E-state index is 12.8. The van der Waals surface area contributed by atoms with Gasteiger partial charge in [-0.05, 0) is 12.1 Å². The maximum absolute atomic E-state index is 12.8. The first kappa shape index (κ1) is 16.0. The van der Waals surface area contributed by atoms with Crippen molar-refractivity contribution in [1.82, 2.24) is 20.1 Å². The second-order valence-electron chi connectivity index (χ2n) is 6.03. The number of carbonyl (C=O) groups is 1. The minimum absolute atomic E-state index is 0.0343. The van der Waals surface area contributed by atoms with Gasteiger partial charge in [-0.2, -0.15) is 5.10 Å². The molecule has 26 heavy (non-hydrogen) atoms. The number of hydrogen-bond acceptors (Lipinski definition) is 6. The van der Waals surface area contributed by atoms with E-state index in [0.717, 1.165) is 10.9 Å². The van der Waals surface area contributed by atoms with E-state index >= 15 is 0 Å². The van der Waals surface area contributed by atoms with E-state index in [1.807, 2.05) is 29.2 Å². The van der Waals surface area contributed by atoms with Gasteiger partial charge in [-0.15, -0.1) is 0 Å². The molecule has 132 valence electrons. The number of piperazine rings is 1. The molecule has 3 aromatic rings. The molecule has 1 aromatic carbocycles. The van der Waals surface area contributed by atoms with Gasteiger partial charge in [-0.25, -0.2) is 4.98 Å². The normalized spacial score (nSPS) is 14.6. The number of amides is 1. The van der Waals surface area contributed by atoms with Crippen LogP contribution in [0.2, 0.25) is 0 Å². The molecule has 0 saturated carbocycles. The molecule has 0 unspecified atom stereocenters. The summed E-state index contributed by atoms with van der Waals surface area (Å²) in [7, 11) is 0. The lowest BCUT2D eigenvalue weighted by atomic mass is 10.2. The van der Waals surface area contributed by atoms with Crippen molar-refractivity contribution in [2.75, 3.05) is 31.1 Å². The van der Waals surface area contributed by atoms with Crippen LogP contribution in [-0.4, -0.2) is 57.1 Å². The number of nitro groups is 1. The van der Waals surface area contributed by atoms with Crippen molar-refractivity contribution in [3.05, 3.63) is 58.4 Å².